The van der Waals surface area contributed by atoms with Crippen LogP contribution >= 0.6 is 11.3 Å². The first kappa shape index (κ1) is 5.82. The van der Waals surface area contributed by atoms with E-state index in [1.165, 1.54) is 11.3 Å². The highest BCUT2D eigenvalue weighted by atomic mass is 32.1. The van der Waals surface area contributed by atoms with E-state index in [0.717, 1.165) is 0 Å². The van der Waals surface area contributed by atoms with Crippen LogP contribution in [-0.2, 0) is 0 Å². The van der Waals surface area contributed by atoms with E-state index in [2.05, 4.69) is 0 Å². The predicted molar refractivity (Wildman–Crippen MR) is 38.4 cm³/mol. The van der Waals surface area contributed by atoms with Crippen LogP contribution in [0, 0.1) is 0 Å². The smallest absolute Gasteiger partial charge is 0.423 e. The minimum absolute atomic E-state index is 0. The summed E-state index contributed by atoms with van der Waals surface area (Å²) in [5.41, 5.74) is 0. The van der Waals surface area contributed by atoms with E-state index in [1.807, 2.05) is 0 Å². The van der Waals surface area contributed by atoms with Crippen LogP contribution in [0.4, 0.5) is 0 Å². The van der Waals surface area contributed by atoms with Crippen LogP contribution in [0.2, 0.25) is 0 Å². The summed E-state index contributed by atoms with van der Waals surface area (Å²) in [4.78, 5) is 0. The lowest BCUT2D eigenvalue weighted by Gasteiger charge is -1.87. The molecule has 0 aliphatic rings. The molecular weight excluding hydrogens is 123 g/mol. The second-order valence-corrected chi connectivity index (χ2v) is 2.37. The van der Waals surface area contributed by atoms with Gasteiger partial charge in [-0.25, -0.2) is 0 Å². The maximum absolute atomic E-state index is 8.48. The van der Waals surface area contributed by atoms with Gasteiger partial charge in [-0.1, -0.05) is 12.1 Å². The van der Waals surface area contributed by atoms with Crippen molar-refractivity contribution in [2.75, 3.05) is 0 Å². The summed E-state index contributed by atoms with van der Waals surface area (Å²) in [7, 11) is -1.30. The molecule has 0 aliphatic carbocycles. The number of hydrogen-bond donors (Lipinski definition) is 2. The van der Waals surface area contributed by atoms with Crippen molar-refractivity contribution >= 4 is 23.2 Å². The molecule has 0 saturated carbocycles. The van der Waals surface area contributed by atoms with Gasteiger partial charge in [0.05, 0.1) is 0 Å². The summed E-state index contributed by atoms with van der Waals surface area (Å²) in [5.74, 6) is 0. The highest BCUT2D eigenvalue weighted by molar-refractivity contribution is 7.20. The minimum Gasteiger partial charge on any atom is -0.423 e. The van der Waals surface area contributed by atoms with Gasteiger partial charge in [0.2, 0.25) is 0 Å². The number of hydrogen-bond acceptors (Lipinski definition) is 3. The molecule has 8 heavy (non-hydrogen) atoms. The summed E-state index contributed by atoms with van der Waals surface area (Å²) in [6, 6.07) is 3.45. The SMILES string of the molecule is OB(O)c1cccs1.[HH].[HH]. The topological polar surface area (TPSA) is 40.5 Å². The fourth-order valence-corrected chi connectivity index (χ4v) is 1.03. The van der Waals surface area contributed by atoms with Crippen LogP contribution in [0.1, 0.15) is 2.85 Å². The Labute approximate surface area is 54.5 Å². The first-order valence-corrected chi connectivity index (χ1v) is 3.08. The van der Waals surface area contributed by atoms with Gasteiger partial charge in [0.25, 0.3) is 0 Å². The molecule has 0 radical (unpaired) electrons. The van der Waals surface area contributed by atoms with Crippen molar-refractivity contribution in [2.24, 2.45) is 0 Å². The molecule has 0 aliphatic heterocycles. The van der Waals surface area contributed by atoms with Crippen molar-refractivity contribution in [3.05, 3.63) is 17.5 Å². The lowest BCUT2D eigenvalue weighted by Crippen LogP contribution is -2.26. The Bertz CT molecular complexity index is 156. The summed E-state index contributed by atoms with van der Waals surface area (Å²) in [5, 5.41) is 18.8. The standard InChI is InChI=1S/C4H5BO2S.2H2/c6-5(7)4-2-1-3-8-4;;/h1-3,6-7H;2*1H. The first-order chi connectivity index (χ1) is 3.80. The fraction of sp³-hybridized carbons (Fsp3) is 0. The second kappa shape index (κ2) is 2.30. The van der Waals surface area contributed by atoms with Gasteiger partial charge in [0.1, 0.15) is 0 Å². The Morgan fingerprint density at radius 3 is 2.62 bits per heavy atom. The molecule has 2 N–H and O–H groups in total. The van der Waals surface area contributed by atoms with E-state index in [4.69, 9.17) is 10.0 Å². The molecule has 0 atom stereocenters. The van der Waals surface area contributed by atoms with Gasteiger partial charge in [0, 0.05) is 7.63 Å². The van der Waals surface area contributed by atoms with Crippen LogP contribution in [-0.4, -0.2) is 17.2 Å². The zero-order valence-corrected chi connectivity index (χ0v) is 4.93. The van der Waals surface area contributed by atoms with Crippen molar-refractivity contribution in [3.8, 4) is 0 Å². The normalized spacial score (nSPS) is 9.25. The van der Waals surface area contributed by atoms with Gasteiger partial charge in [-0.2, -0.15) is 11.3 Å². The quantitative estimate of drug-likeness (QED) is 0.524. The molecule has 0 amide bonds. The third-order valence-electron chi connectivity index (χ3n) is 0.798. The molecule has 0 aromatic carbocycles. The highest BCUT2D eigenvalue weighted by Crippen LogP contribution is 1.92. The van der Waals surface area contributed by atoms with Crippen molar-refractivity contribution in [1.29, 1.82) is 0 Å². The Balaban J connectivity index is 0. The molecule has 2 nitrogen and oxygen atoms in total. The van der Waals surface area contributed by atoms with Gasteiger partial charge >= 0.3 is 7.12 Å². The largest absolute Gasteiger partial charge is 0.499 e. The predicted octanol–water partition coefficient (Wildman–Crippen LogP) is -0.0801. The maximum Gasteiger partial charge on any atom is 0.499 e. The lowest BCUT2D eigenvalue weighted by atomic mass is 9.90. The van der Waals surface area contributed by atoms with E-state index in [-0.39, 0.29) is 2.85 Å². The highest BCUT2D eigenvalue weighted by Gasteiger charge is 2.09. The van der Waals surface area contributed by atoms with Crippen molar-refractivity contribution in [3.63, 3.8) is 0 Å². The summed E-state index contributed by atoms with van der Waals surface area (Å²) in [6.07, 6.45) is 0. The summed E-state index contributed by atoms with van der Waals surface area (Å²) < 4.78 is 0.588. The Kier molecular flexibility index (Phi) is 1.67. The molecule has 0 saturated heterocycles. The maximum atomic E-state index is 8.48. The van der Waals surface area contributed by atoms with Crippen molar-refractivity contribution in [2.45, 2.75) is 0 Å². The number of rotatable bonds is 1. The van der Waals surface area contributed by atoms with Crippen molar-refractivity contribution in [1.82, 2.24) is 0 Å². The molecule has 0 bridgehead atoms. The van der Waals surface area contributed by atoms with Crippen LogP contribution in [0.25, 0.3) is 0 Å². The first-order valence-electron chi connectivity index (χ1n) is 2.20. The zero-order chi connectivity index (χ0) is 5.98. The van der Waals surface area contributed by atoms with Gasteiger partial charge in [-0.3, -0.25) is 0 Å². The van der Waals surface area contributed by atoms with E-state index < -0.39 is 7.12 Å². The Morgan fingerprint density at radius 1 is 1.62 bits per heavy atom. The Morgan fingerprint density at radius 2 is 2.38 bits per heavy atom. The molecular formula is C4H9BO2S. The molecule has 0 spiro atoms. The number of thiophene rings is 1. The Hall–Kier alpha value is -0.315. The third kappa shape index (κ3) is 1.09. The molecule has 4 heteroatoms. The van der Waals surface area contributed by atoms with Gasteiger partial charge in [-0.15, -0.1) is 0 Å². The summed E-state index contributed by atoms with van der Waals surface area (Å²) in [6.45, 7) is 0. The van der Waals surface area contributed by atoms with E-state index in [1.54, 1.807) is 17.5 Å². The molecule has 0 fully saturated rings. The molecule has 46 valence electrons. The zero-order valence-electron chi connectivity index (χ0n) is 4.11. The monoisotopic (exact) mass is 132 g/mol. The van der Waals surface area contributed by atoms with Crippen LogP contribution in [0.3, 0.4) is 0 Å². The molecule has 1 aromatic rings. The lowest BCUT2D eigenvalue weighted by molar-refractivity contribution is 0.427. The van der Waals surface area contributed by atoms with E-state index >= 15 is 0 Å². The van der Waals surface area contributed by atoms with Crippen molar-refractivity contribution < 1.29 is 12.9 Å². The second-order valence-electron chi connectivity index (χ2n) is 1.39. The van der Waals surface area contributed by atoms with Gasteiger partial charge in [-0.05, 0) is 5.38 Å². The minimum atomic E-state index is -1.30. The van der Waals surface area contributed by atoms with Crippen LogP contribution < -0.4 is 4.78 Å². The molecule has 1 heterocycles. The third-order valence-corrected chi connectivity index (χ3v) is 1.71. The average Bonchev–Trinajstić information content (AvgIpc) is 2.12. The van der Waals surface area contributed by atoms with E-state index in [0.29, 0.717) is 4.78 Å². The van der Waals surface area contributed by atoms with Gasteiger partial charge < -0.3 is 10.0 Å². The van der Waals surface area contributed by atoms with Gasteiger partial charge in [0.15, 0.2) is 0 Å². The van der Waals surface area contributed by atoms with Crippen LogP contribution in [0.15, 0.2) is 17.5 Å². The molecule has 1 aromatic heterocycles. The fourth-order valence-electron chi connectivity index (χ4n) is 0.438. The molecule has 0 unspecified atom stereocenters. The van der Waals surface area contributed by atoms with E-state index in [9.17, 15) is 0 Å². The average molecular weight is 132 g/mol. The summed E-state index contributed by atoms with van der Waals surface area (Å²) >= 11 is 1.33. The molecule has 1 rings (SSSR count). The van der Waals surface area contributed by atoms with Crippen LogP contribution in [0.5, 0.6) is 0 Å².